The van der Waals surface area contributed by atoms with Gasteiger partial charge in [0, 0.05) is 5.92 Å². The van der Waals surface area contributed by atoms with Crippen molar-refractivity contribution in [1.82, 2.24) is 0 Å². The largest absolute Gasteiger partial charge is 0.392 e. The monoisotopic (exact) mass is 288 g/mol. The van der Waals surface area contributed by atoms with E-state index < -0.39 is 0 Å². The quantitative estimate of drug-likeness (QED) is 0.784. The molecule has 0 radical (unpaired) electrons. The fourth-order valence-corrected chi connectivity index (χ4v) is 3.98. The van der Waals surface area contributed by atoms with E-state index in [2.05, 4.69) is 58.0 Å². The molecule has 1 fully saturated rings. The van der Waals surface area contributed by atoms with Crippen LogP contribution < -0.4 is 0 Å². The van der Waals surface area contributed by atoms with Crippen LogP contribution in [0.1, 0.15) is 64.9 Å². The Kier molecular flexibility index (Phi) is 5.87. The first kappa shape index (κ1) is 16.5. The van der Waals surface area contributed by atoms with Crippen molar-refractivity contribution >= 4 is 0 Å². The summed E-state index contributed by atoms with van der Waals surface area (Å²) in [5.41, 5.74) is 1.31. The number of rotatable bonds is 5. The maximum atomic E-state index is 11.1. The zero-order chi connectivity index (χ0) is 15.4. The third-order valence-corrected chi connectivity index (χ3v) is 5.93. The molecular weight excluding hydrogens is 256 g/mol. The Bertz CT molecular complexity index is 413. The van der Waals surface area contributed by atoms with E-state index in [1.165, 1.54) is 24.8 Å². The van der Waals surface area contributed by atoms with Gasteiger partial charge < -0.3 is 5.11 Å². The molecule has 1 aliphatic rings. The summed E-state index contributed by atoms with van der Waals surface area (Å²) in [6, 6.07) is 10.6. The van der Waals surface area contributed by atoms with Crippen LogP contribution in [0.2, 0.25) is 0 Å². The van der Waals surface area contributed by atoms with Crippen molar-refractivity contribution in [3.63, 3.8) is 0 Å². The van der Waals surface area contributed by atoms with Crippen molar-refractivity contribution in [3.05, 3.63) is 35.9 Å². The number of aliphatic hydroxyl groups is 1. The van der Waals surface area contributed by atoms with Gasteiger partial charge in [-0.15, -0.1) is 0 Å². The standard InChI is InChI=1S/C20H32O/c1-5-14(2)19(17-9-7-6-8-10-17)20(21)18-12-11-15(3)16(4)13-18/h6-10,14-16,18-21H,5,11-13H2,1-4H3. The summed E-state index contributed by atoms with van der Waals surface area (Å²) >= 11 is 0. The summed E-state index contributed by atoms with van der Waals surface area (Å²) in [7, 11) is 0. The normalized spacial score (nSPS) is 30.6. The van der Waals surface area contributed by atoms with E-state index in [1.807, 2.05) is 0 Å². The van der Waals surface area contributed by atoms with Gasteiger partial charge in [0.15, 0.2) is 0 Å². The van der Waals surface area contributed by atoms with Gasteiger partial charge in [-0.1, -0.05) is 70.9 Å². The van der Waals surface area contributed by atoms with Crippen molar-refractivity contribution in [1.29, 1.82) is 0 Å². The molecule has 0 aliphatic heterocycles. The van der Waals surface area contributed by atoms with Crippen LogP contribution in [-0.2, 0) is 0 Å². The highest BCUT2D eigenvalue weighted by molar-refractivity contribution is 5.22. The van der Waals surface area contributed by atoms with E-state index in [9.17, 15) is 5.11 Å². The minimum Gasteiger partial charge on any atom is -0.392 e. The minimum absolute atomic E-state index is 0.197. The van der Waals surface area contributed by atoms with Crippen LogP contribution in [0.5, 0.6) is 0 Å². The lowest BCUT2D eigenvalue weighted by Gasteiger charge is -2.39. The Labute approximate surface area is 130 Å². The van der Waals surface area contributed by atoms with Gasteiger partial charge in [-0.2, -0.15) is 0 Å². The van der Waals surface area contributed by atoms with Crippen molar-refractivity contribution in [3.8, 4) is 0 Å². The molecule has 1 nitrogen and oxygen atoms in total. The molecule has 1 N–H and O–H groups in total. The zero-order valence-electron chi connectivity index (χ0n) is 14.1. The maximum absolute atomic E-state index is 11.1. The first-order valence-electron chi connectivity index (χ1n) is 8.77. The third-order valence-electron chi connectivity index (χ3n) is 5.93. The number of benzene rings is 1. The molecule has 118 valence electrons. The molecule has 0 aromatic heterocycles. The molecular formula is C20H32O. The molecule has 1 aliphatic carbocycles. The summed E-state index contributed by atoms with van der Waals surface area (Å²) in [6.45, 7) is 9.23. The van der Waals surface area contributed by atoms with Crippen molar-refractivity contribution in [2.75, 3.05) is 0 Å². The van der Waals surface area contributed by atoms with Gasteiger partial charge in [-0.05, 0) is 42.1 Å². The molecule has 0 bridgehead atoms. The third kappa shape index (κ3) is 3.88. The van der Waals surface area contributed by atoms with Crippen LogP contribution in [0.25, 0.3) is 0 Å². The molecule has 21 heavy (non-hydrogen) atoms. The Morgan fingerprint density at radius 1 is 1.10 bits per heavy atom. The second-order valence-electron chi connectivity index (χ2n) is 7.34. The van der Waals surface area contributed by atoms with Crippen LogP contribution in [0.4, 0.5) is 0 Å². The van der Waals surface area contributed by atoms with Crippen LogP contribution >= 0.6 is 0 Å². The summed E-state index contributed by atoms with van der Waals surface area (Å²) < 4.78 is 0. The van der Waals surface area contributed by atoms with Crippen LogP contribution in [-0.4, -0.2) is 11.2 Å². The first-order chi connectivity index (χ1) is 10.0. The lowest BCUT2D eigenvalue weighted by atomic mass is 9.68. The molecule has 0 saturated heterocycles. The topological polar surface area (TPSA) is 20.2 Å². The Hall–Kier alpha value is -0.820. The Morgan fingerprint density at radius 3 is 2.33 bits per heavy atom. The second kappa shape index (κ2) is 7.45. The summed E-state index contributed by atoms with van der Waals surface area (Å²) in [6.07, 6.45) is 4.56. The maximum Gasteiger partial charge on any atom is 0.0639 e. The van der Waals surface area contributed by atoms with E-state index in [0.717, 1.165) is 18.3 Å². The van der Waals surface area contributed by atoms with Crippen LogP contribution in [0.3, 0.4) is 0 Å². The molecule has 1 heteroatoms. The lowest BCUT2D eigenvalue weighted by molar-refractivity contribution is 0.0229. The molecule has 1 saturated carbocycles. The van der Waals surface area contributed by atoms with E-state index >= 15 is 0 Å². The van der Waals surface area contributed by atoms with Gasteiger partial charge in [0.25, 0.3) is 0 Å². The van der Waals surface area contributed by atoms with Crippen molar-refractivity contribution in [2.45, 2.75) is 65.4 Å². The number of hydrogen-bond acceptors (Lipinski definition) is 1. The Morgan fingerprint density at radius 2 is 1.76 bits per heavy atom. The van der Waals surface area contributed by atoms with Crippen LogP contribution in [0.15, 0.2) is 30.3 Å². The van der Waals surface area contributed by atoms with E-state index in [-0.39, 0.29) is 12.0 Å². The molecule has 0 heterocycles. The highest BCUT2D eigenvalue weighted by atomic mass is 16.3. The highest BCUT2D eigenvalue weighted by Gasteiger charge is 2.35. The fraction of sp³-hybridized carbons (Fsp3) is 0.700. The molecule has 0 spiro atoms. The van der Waals surface area contributed by atoms with E-state index in [1.54, 1.807) is 0 Å². The number of hydrogen-bond donors (Lipinski definition) is 1. The molecule has 6 atom stereocenters. The van der Waals surface area contributed by atoms with Crippen molar-refractivity contribution in [2.24, 2.45) is 23.7 Å². The molecule has 6 unspecified atom stereocenters. The predicted molar refractivity (Wildman–Crippen MR) is 90.3 cm³/mol. The second-order valence-corrected chi connectivity index (χ2v) is 7.34. The van der Waals surface area contributed by atoms with E-state index in [4.69, 9.17) is 0 Å². The first-order valence-corrected chi connectivity index (χ1v) is 8.77. The van der Waals surface area contributed by atoms with Crippen LogP contribution in [0, 0.1) is 23.7 Å². The number of aliphatic hydroxyl groups excluding tert-OH is 1. The summed E-state index contributed by atoms with van der Waals surface area (Å²) in [5.74, 6) is 2.83. The fourth-order valence-electron chi connectivity index (χ4n) is 3.98. The average Bonchev–Trinajstić information content (AvgIpc) is 2.51. The SMILES string of the molecule is CCC(C)C(c1ccccc1)C(O)C1CCC(C)C(C)C1. The Balaban J connectivity index is 2.17. The van der Waals surface area contributed by atoms with Gasteiger partial charge in [-0.25, -0.2) is 0 Å². The van der Waals surface area contributed by atoms with Gasteiger partial charge in [0.05, 0.1) is 6.10 Å². The van der Waals surface area contributed by atoms with Crippen molar-refractivity contribution < 1.29 is 5.11 Å². The highest BCUT2D eigenvalue weighted by Crippen LogP contribution is 2.41. The van der Waals surface area contributed by atoms with E-state index in [0.29, 0.717) is 11.8 Å². The lowest BCUT2D eigenvalue weighted by Crippen LogP contribution is -2.35. The molecule has 2 rings (SSSR count). The minimum atomic E-state index is -0.197. The molecule has 0 amide bonds. The molecule has 1 aromatic carbocycles. The average molecular weight is 288 g/mol. The zero-order valence-corrected chi connectivity index (χ0v) is 14.1. The van der Waals surface area contributed by atoms with Gasteiger partial charge in [0.2, 0.25) is 0 Å². The summed E-state index contributed by atoms with van der Waals surface area (Å²) in [5, 5.41) is 11.1. The smallest absolute Gasteiger partial charge is 0.0639 e. The van der Waals surface area contributed by atoms with Gasteiger partial charge >= 0.3 is 0 Å². The molecule has 1 aromatic rings. The van der Waals surface area contributed by atoms with Gasteiger partial charge in [-0.3, -0.25) is 0 Å². The van der Waals surface area contributed by atoms with Gasteiger partial charge in [0.1, 0.15) is 0 Å². The predicted octanol–water partition coefficient (Wildman–Crippen LogP) is 5.25. The summed E-state index contributed by atoms with van der Waals surface area (Å²) in [4.78, 5) is 0.